The van der Waals surface area contributed by atoms with Crippen LogP contribution < -0.4 is 0 Å². The molecule has 1 saturated carbocycles. The normalized spacial score (nSPS) is 22.4. The van der Waals surface area contributed by atoms with Crippen LogP contribution >= 0.6 is 22.9 Å². The number of carbonyl (C=O) groups excluding carboxylic acids is 1. The first-order valence-corrected chi connectivity index (χ1v) is 7.39. The van der Waals surface area contributed by atoms with Crippen molar-refractivity contribution >= 4 is 34.8 Å². The summed E-state index contributed by atoms with van der Waals surface area (Å²) in [6, 6.07) is 3.72. The van der Waals surface area contributed by atoms with Crippen LogP contribution in [0.4, 0.5) is 0 Å². The minimum Gasteiger partial charge on any atom is -0.481 e. The first-order chi connectivity index (χ1) is 8.97. The lowest BCUT2D eigenvalue weighted by Gasteiger charge is -2.20. The molecule has 0 aromatic carbocycles. The summed E-state index contributed by atoms with van der Waals surface area (Å²) in [5.41, 5.74) is 0. The maximum absolute atomic E-state index is 12.2. The van der Waals surface area contributed by atoms with E-state index in [-0.39, 0.29) is 17.7 Å². The van der Waals surface area contributed by atoms with Crippen LogP contribution in [0.3, 0.4) is 0 Å². The third-order valence-electron chi connectivity index (χ3n) is 3.53. The van der Waals surface area contributed by atoms with Gasteiger partial charge in [-0.25, -0.2) is 0 Å². The topological polar surface area (TPSA) is 57.6 Å². The van der Waals surface area contributed by atoms with Crippen LogP contribution in [-0.2, 0) is 16.1 Å². The minimum atomic E-state index is -0.789. The molecule has 0 unspecified atom stereocenters. The van der Waals surface area contributed by atoms with E-state index >= 15 is 0 Å². The summed E-state index contributed by atoms with van der Waals surface area (Å²) in [5, 5.41) is 8.95. The molecule has 1 amide bonds. The maximum Gasteiger partial charge on any atom is 0.306 e. The Labute approximate surface area is 121 Å². The van der Waals surface area contributed by atoms with E-state index in [1.165, 1.54) is 11.3 Å². The van der Waals surface area contributed by atoms with Gasteiger partial charge in [0.15, 0.2) is 0 Å². The molecule has 1 N–H and O–H groups in total. The lowest BCUT2D eigenvalue weighted by atomic mass is 10.0. The monoisotopic (exact) mass is 301 g/mol. The van der Waals surface area contributed by atoms with E-state index in [0.717, 1.165) is 4.88 Å². The van der Waals surface area contributed by atoms with E-state index in [4.69, 9.17) is 16.7 Å². The third kappa shape index (κ3) is 3.48. The van der Waals surface area contributed by atoms with Crippen molar-refractivity contribution in [1.82, 2.24) is 4.90 Å². The van der Waals surface area contributed by atoms with E-state index in [1.807, 2.05) is 12.1 Å². The zero-order valence-electron chi connectivity index (χ0n) is 10.6. The lowest BCUT2D eigenvalue weighted by Crippen LogP contribution is -2.31. The van der Waals surface area contributed by atoms with Crippen molar-refractivity contribution in [3.05, 3.63) is 21.3 Å². The van der Waals surface area contributed by atoms with E-state index in [1.54, 1.807) is 11.9 Å². The van der Waals surface area contributed by atoms with Gasteiger partial charge in [-0.2, -0.15) is 0 Å². The summed E-state index contributed by atoms with van der Waals surface area (Å²) in [6.07, 6.45) is 1.74. The number of thiophene rings is 1. The standard InChI is InChI=1S/C13H16ClNO3S/c1-15(7-10-4-5-11(14)19-10)12(16)8-2-3-9(6-8)13(17)18/h4-5,8-9H,2-3,6-7H2,1H3,(H,17,18)/t8-,9+/m1/s1. The molecular formula is C13H16ClNO3S. The average molecular weight is 302 g/mol. The van der Waals surface area contributed by atoms with E-state index < -0.39 is 5.97 Å². The number of carboxylic acid groups (broad SMARTS) is 1. The minimum absolute atomic E-state index is 0.0354. The van der Waals surface area contributed by atoms with Gasteiger partial charge in [-0.3, -0.25) is 9.59 Å². The molecule has 6 heteroatoms. The summed E-state index contributed by atoms with van der Waals surface area (Å²) in [5.74, 6) is -1.27. The predicted molar refractivity (Wildman–Crippen MR) is 74.3 cm³/mol. The second-order valence-corrected chi connectivity index (χ2v) is 6.74. The molecule has 0 radical (unpaired) electrons. The SMILES string of the molecule is CN(Cc1ccc(Cl)s1)C(=O)[C@@H]1CC[C@H](C(=O)O)C1. The van der Waals surface area contributed by atoms with E-state index in [0.29, 0.717) is 30.1 Å². The lowest BCUT2D eigenvalue weighted by molar-refractivity contribution is -0.141. The Morgan fingerprint density at radius 3 is 2.63 bits per heavy atom. The van der Waals surface area contributed by atoms with E-state index in [9.17, 15) is 9.59 Å². The molecule has 104 valence electrons. The van der Waals surface area contributed by atoms with Gasteiger partial charge in [-0.1, -0.05) is 11.6 Å². The van der Waals surface area contributed by atoms with Crippen molar-refractivity contribution < 1.29 is 14.7 Å². The van der Waals surface area contributed by atoms with Crippen molar-refractivity contribution in [2.45, 2.75) is 25.8 Å². The van der Waals surface area contributed by atoms with Gasteiger partial charge in [0.25, 0.3) is 0 Å². The van der Waals surface area contributed by atoms with Gasteiger partial charge in [0.2, 0.25) is 5.91 Å². The van der Waals surface area contributed by atoms with Crippen LogP contribution in [0, 0.1) is 11.8 Å². The van der Waals surface area contributed by atoms with Crippen molar-refractivity contribution in [1.29, 1.82) is 0 Å². The fraction of sp³-hybridized carbons (Fsp3) is 0.538. The highest BCUT2D eigenvalue weighted by Crippen LogP contribution is 2.32. The summed E-state index contributed by atoms with van der Waals surface area (Å²) in [4.78, 5) is 25.8. The summed E-state index contributed by atoms with van der Waals surface area (Å²) in [6.45, 7) is 0.532. The first-order valence-electron chi connectivity index (χ1n) is 6.19. The maximum atomic E-state index is 12.2. The Morgan fingerprint density at radius 1 is 1.42 bits per heavy atom. The van der Waals surface area contributed by atoms with E-state index in [2.05, 4.69) is 0 Å². The molecule has 2 atom stereocenters. The smallest absolute Gasteiger partial charge is 0.306 e. The fourth-order valence-electron chi connectivity index (χ4n) is 2.49. The van der Waals surface area contributed by atoms with Crippen molar-refractivity contribution in [3.8, 4) is 0 Å². The van der Waals surface area contributed by atoms with Gasteiger partial charge in [0.1, 0.15) is 0 Å². The van der Waals surface area contributed by atoms with Crippen LogP contribution in [0.15, 0.2) is 12.1 Å². The molecular weight excluding hydrogens is 286 g/mol. The van der Waals surface area contributed by atoms with Crippen LogP contribution in [0.25, 0.3) is 0 Å². The Morgan fingerprint density at radius 2 is 2.11 bits per heavy atom. The average Bonchev–Trinajstić information content (AvgIpc) is 2.97. The van der Waals surface area contributed by atoms with Crippen LogP contribution in [0.1, 0.15) is 24.1 Å². The molecule has 1 aliphatic rings. The Balaban J connectivity index is 1.91. The van der Waals surface area contributed by atoms with Crippen molar-refractivity contribution in [3.63, 3.8) is 0 Å². The molecule has 0 aliphatic heterocycles. The van der Waals surface area contributed by atoms with Gasteiger partial charge in [0, 0.05) is 17.8 Å². The number of halogens is 1. The zero-order chi connectivity index (χ0) is 14.0. The Hall–Kier alpha value is -1.07. The number of hydrogen-bond donors (Lipinski definition) is 1. The van der Waals surface area contributed by atoms with Gasteiger partial charge in [0.05, 0.1) is 16.8 Å². The molecule has 19 heavy (non-hydrogen) atoms. The highest BCUT2D eigenvalue weighted by Gasteiger charge is 2.35. The second kappa shape index (κ2) is 5.92. The van der Waals surface area contributed by atoms with Gasteiger partial charge in [-0.05, 0) is 31.4 Å². The quantitative estimate of drug-likeness (QED) is 0.930. The molecule has 1 heterocycles. The Bertz CT molecular complexity index is 488. The van der Waals surface area contributed by atoms with Crippen molar-refractivity contribution in [2.24, 2.45) is 11.8 Å². The number of hydrogen-bond acceptors (Lipinski definition) is 3. The van der Waals surface area contributed by atoms with Gasteiger partial charge < -0.3 is 10.0 Å². The number of carboxylic acids is 1. The molecule has 1 aromatic heterocycles. The Kier molecular flexibility index (Phi) is 4.47. The number of nitrogens with zero attached hydrogens (tertiary/aromatic N) is 1. The van der Waals surface area contributed by atoms with Crippen LogP contribution in [0.5, 0.6) is 0 Å². The van der Waals surface area contributed by atoms with Crippen LogP contribution in [-0.4, -0.2) is 28.9 Å². The van der Waals surface area contributed by atoms with Crippen molar-refractivity contribution in [2.75, 3.05) is 7.05 Å². The summed E-state index contributed by atoms with van der Waals surface area (Å²) >= 11 is 7.31. The molecule has 0 saturated heterocycles. The largest absolute Gasteiger partial charge is 0.481 e. The van der Waals surface area contributed by atoms with Gasteiger partial charge >= 0.3 is 5.97 Å². The molecule has 2 rings (SSSR count). The first kappa shape index (κ1) is 14.3. The number of rotatable bonds is 4. The fourth-order valence-corrected chi connectivity index (χ4v) is 3.63. The number of aliphatic carboxylic acids is 1. The summed E-state index contributed by atoms with van der Waals surface area (Å²) in [7, 11) is 1.75. The highest BCUT2D eigenvalue weighted by atomic mass is 35.5. The number of amides is 1. The predicted octanol–water partition coefficient (Wildman–Crippen LogP) is 2.86. The van der Waals surface area contributed by atoms with Crippen LogP contribution in [0.2, 0.25) is 4.34 Å². The molecule has 1 fully saturated rings. The summed E-state index contributed by atoms with van der Waals surface area (Å²) < 4.78 is 0.711. The number of carbonyl (C=O) groups is 2. The molecule has 4 nitrogen and oxygen atoms in total. The molecule has 1 aromatic rings. The highest BCUT2D eigenvalue weighted by molar-refractivity contribution is 7.16. The molecule has 1 aliphatic carbocycles. The zero-order valence-corrected chi connectivity index (χ0v) is 12.2. The van der Waals surface area contributed by atoms with Gasteiger partial charge in [-0.15, -0.1) is 11.3 Å². The third-order valence-corrected chi connectivity index (χ3v) is 4.75. The second-order valence-electron chi connectivity index (χ2n) is 4.95. The molecule has 0 bridgehead atoms. The molecule has 0 spiro atoms.